The number of amides is 2. The second-order valence-electron chi connectivity index (χ2n) is 15.3. The molecule has 5 heterocycles. The van der Waals surface area contributed by atoms with Gasteiger partial charge in [0, 0.05) is 64.0 Å². The van der Waals surface area contributed by atoms with Crippen molar-refractivity contribution in [2.75, 3.05) is 44.2 Å². The number of hydrogen-bond donors (Lipinski definition) is 2. The smallest absolute Gasteiger partial charge is 0.270 e. The zero-order valence-corrected chi connectivity index (χ0v) is 26.6. The van der Waals surface area contributed by atoms with Crippen LogP contribution in [0.25, 0.3) is 11.0 Å². The predicted molar refractivity (Wildman–Crippen MR) is 174 cm³/mol. The van der Waals surface area contributed by atoms with Crippen LogP contribution in [-0.2, 0) is 17.8 Å². The Hall–Kier alpha value is -3.79. The van der Waals surface area contributed by atoms with Gasteiger partial charge < -0.3 is 20.1 Å². The van der Waals surface area contributed by atoms with E-state index in [1.165, 1.54) is 32.1 Å². The molecule has 2 N–H and O–H groups in total. The molecule has 0 radical (unpaired) electrons. The van der Waals surface area contributed by atoms with E-state index < -0.39 is 0 Å². The monoisotopic (exact) mass is 621 g/mol. The fourth-order valence-electron chi connectivity index (χ4n) is 10.6. The number of nitrogens with one attached hydrogen (secondary N) is 2. The summed E-state index contributed by atoms with van der Waals surface area (Å²) in [4.78, 5) is 57.1. The third-order valence-corrected chi connectivity index (χ3v) is 12.9. The molecule has 46 heavy (non-hydrogen) atoms. The molecular weight excluding hydrogens is 578 g/mol. The molecule has 2 saturated heterocycles. The van der Waals surface area contributed by atoms with Gasteiger partial charge in [-0.05, 0) is 96.9 Å². The molecule has 3 aromatic heterocycles. The van der Waals surface area contributed by atoms with Crippen LogP contribution >= 0.6 is 0 Å². The Morgan fingerprint density at radius 3 is 2.46 bits per heavy atom. The maximum Gasteiger partial charge on any atom is 0.270 e. The van der Waals surface area contributed by atoms with Crippen LogP contribution in [0.1, 0.15) is 67.1 Å². The van der Waals surface area contributed by atoms with Crippen molar-refractivity contribution in [3.63, 3.8) is 0 Å². The first-order valence-electron chi connectivity index (χ1n) is 17.3. The number of piperazine rings is 1. The SMILES string of the molecule is CCc1cc2ncc(CN3CCN(c4ccc(C(=O)NC5CN(C(=O)CC67CC8CC9C[C@H](C6)C98C7)C5)nc4)CC3)cc2[nH]c1=O. The largest absolute Gasteiger partial charge is 0.368 e. The molecule has 5 atom stereocenters. The average molecular weight is 622 g/mol. The maximum atomic E-state index is 13.2. The Morgan fingerprint density at radius 1 is 1.00 bits per heavy atom. The van der Waals surface area contributed by atoms with E-state index >= 15 is 0 Å². The van der Waals surface area contributed by atoms with Crippen LogP contribution in [0.5, 0.6) is 0 Å². The molecule has 6 fully saturated rings. The molecule has 0 aromatic carbocycles. The Labute approximate surface area is 269 Å². The van der Waals surface area contributed by atoms with Gasteiger partial charge in [0.1, 0.15) is 5.69 Å². The van der Waals surface area contributed by atoms with Crippen LogP contribution in [0.4, 0.5) is 5.69 Å². The Kier molecular flexibility index (Phi) is 6.40. The summed E-state index contributed by atoms with van der Waals surface area (Å²) in [6, 6.07) is 7.70. The molecular formula is C36H43N7O3. The second kappa shape index (κ2) is 10.4. The first-order valence-corrected chi connectivity index (χ1v) is 17.3. The van der Waals surface area contributed by atoms with E-state index in [-0.39, 0.29) is 22.9 Å². The molecule has 240 valence electrons. The van der Waals surface area contributed by atoms with Gasteiger partial charge in [0.2, 0.25) is 5.91 Å². The number of carbonyl (C=O) groups is 2. The Balaban J connectivity index is 0.734. The number of anilines is 1. The number of pyridine rings is 3. The van der Waals surface area contributed by atoms with Crippen LogP contribution in [0, 0.1) is 28.6 Å². The molecule has 4 unspecified atom stereocenters. The van der Waals surface area contributed by atoms with Crippen molar-refractivity contribution in [3.05, 3.63) is 63.8 Å². The van der Waals surface area contributed by atoms with E-state index in [1.54, 1.807) is 12.3 Å². The van der Waals surface area contributed by atoms with Crippen LogP contribution in [0.3, 0.4) is 0 Å². The van der Waals surface area contributed by atoms with E-state index in [0.29, 0.717) is 36.5 Å². The molecule has 4 saturated carbocycles. The van der Waals surface area contributed by atoms with Crippen LogP contribution < -0.4 is 15.8 Å². The van der Waals surface area contributed by atoms with Gasteiger partial charge in [-0.1, -0.05) is 6.92 Å². The second-order valence-corrected chi connectivity index (χ2v) is 15.3. The van der Waals surface area contributed by atoms with Crippen molar-refractivity contribution >= 4 is 28.5 Å². The molecule has 10 nitrogen and oxygen atoms in total. The summed E-state index contributed by atoms with van der Waals surface area (Å²) in [6.07, 6.45) is 11.8. The minimum absolute atomic E-state index is 0.00198. The number of nitrogens with zero attached hydrogens (tertiary/aromatic N) is 5. The minimum atomic E-state index is -0.173. The summed E-state index contributed by atoms with van der Waals surface area (Å²) in [5.41, 5.74) is 5.76. The van der Waals surface area contributed by atoms with Crippen molar-refractivity contribution in [2.24, 2.45) is 28.6 Å². The lowest BCUT2D eigenvalue weighted by Crippen LogP contribution is -2.61. The lowest BCUT2D eigenvalue weighted by Gasteiger charge is -2.66. The highest BCUT2D eigenvalue weighted by Crippen LogP contribution is 2.85. The van der Waals surface area contributed by atoms with Gasteiger partial charge in [-0.3, -0.25) is 24.3 Å². The van der Waals surface area contributed by atoms with E-state index in [1.807, 2.05) is 36.2 Å². The van der Waals surface area contributed by atoms with Gasteiger partial charge in [0.15, 0.2) is 0 Å². The Bertz CT molecular complexity index is 1760. The average Bonchev–Trinajstić information content (AvgIpc) is 3.50. The number of carbonyl (C=O) groups excluding carboxylic acids is 2. The number of aryl methyl sites for hydroxylation is 1. The van der Waals surface area contributed by atoms with Crippen LogP contribution in [0.2, 0.25) is 0 Å². The molecule has 4 aliphatic carbocycles. The molecule has 2 aliphatic heterocycles. The molecule has 2 bridgehead atoms. The van der Waals surface area contributed by atoms with Gasteiger partial charge in [-0.15, -0.1) is 0 Å². The third kappa shape index (κ3) is 4.42. The highest BCUT2D eigenvalue weighted by molar-refractivity contribution is 5.93. The fourth-order valence-corrected chi connectivity index (χ4v) is 10.6. The topological polar surface area (TPSA) is 115 Å². The predicted octanol–water partition coefficient (Wildman–Crippen LogP) is 3.36. The molecule has 6 aliphatic rings. The van der Waals surface area contributed by atoms with Crippen LogP contribution in [-0.4, -0.2) is 81.9 Å². The number of aromatic nitrogens is 3. The van der Waals surface area contributed by atoms with Crippen molar-refractivity contribution < 1.29 is 9.59 Å². The highest BCUT2D eigenvalue weighted by atomic mass is 16.2. The van der Waals surface area contributed by atoms with Gasteiger partial charge in [0.25, 0.3) is 11.5 Å². The summed E-state index contributed by atoms with van der Waals surface area (Å²) in [6.45, 7) is 7.48. The van der Waals surface area contributed by atoms with Crippen LogP contribution in [0.15, 0.2) is 41.5 Å². The van der Waals surface area contributed by atoms with Gasteiger partial charge in [0.05, 0.1) is 29.0 Å². The minimum Gasteiger partial charge on any atom is -0.368 e. The number of rotatable bonds is 8. The maximum absolute atomic E-state index is 13.2. The first kappa shape index (κ1) is 28.4. The lowest BCUT2D eigenvalue weighted by atomic mass is 9.38. The number of aromatic amines is 1. The summed E-state index contributed by atoms with van der Waals surface area (Å²) >= 11 is 0. The molecule has 9 rings (SSSR count). The third-order valence-electron chi connectivity index (χ3n) is 12.9. The first-order chi connectivity index (χ1) is 22.3. The molecule has 2 amide bonds. The standard InChI is InChI=1S/C36H43N7O3/c1-2-23-10-30-31(40-33(23)45)9-22(16-37-30)18-41-5-7-42(8-6-41)28-3-4-29(38-17-28)34(46)39-27-19-43(20-27)32(44)15-35-13-25-11-24-12-26(14-35)36(24,25)21-35/h3-4,9-10,16-17,24-27H,2,5-8,11-15,18-21H2,1H3,(H,39,46)(H,40,45)/t24?,25-,26?,35?,36?/m1/s1. The van der Waals surface area contributed by atoms with E-state index in [2.05, 4.69) is 30.1 Å². The fraction of sp³-hybridized carbons (Fsp3) is 0.583. The number of hydrogen-bond acceptors (Lipinski definition) is 7. The van der Waals surface area contributed by atoms with Crippen molar-refractivity contribution in [2.45, 2.75) is 64.5 Å². The number of H-pyrrole nitrogens is 1. The summed E-state index contributed by atoms with van der Waals surface area (Å²) in [7, 11) is 0. The summed E-state index contributed by atoms with van der Waals surface area (Å²) in [5.74, 6) is 2.92. The van der Waals surface area contributed by atoms with Crippen molar-refractivity contribution in [1.82, 2.24) is 30.1 Å². The number of fused-ring (bicyclic) bond motifs is 2. The van der Waals surface area contributed by atoms with E-state index in [0.717, 1.165) is 84.7 Å². The van der Waals surface area contributed by atoms with E-state index in [9.17, 15) is 14.4 Å². The van der Waals surface area contributed by atoms with Crippen molar-refractivity contribution in [3.8, 4) is 0 Å². The number of likely N-dealkylation sites (tertiary alicyclic amines) is 1. The normalized spacial score (nSPS) is 31.3. The summed E-state index contributed by atoms with van der Waals surface area (Å²) < 4.78 is 0. The Morgan fingerprint density at radius 2 is 1.78 bits per heavy atom. The van der Waals surface area contributed by atoms with Gasteiger partial charge in [-0.25, -0.2) is 4.98 Å². The molecule has 10 heteroatoms. The zero-order chi connectivity index (χ0) is 31.2. The molecule has 1 spiro atoms. The molecule has 3 aromatic rings. The quantitative estimate of drug-likeness (QED) is 0.397. The highest BCUT2D eigenvalue weighted by Gasteiger charge is 2.77. The summed E-state index contributed by atoms with van der Waals surface area (Å²) in [5, 5.41) is 3.09. The zero-order valence-electron chi connectivity index (χ0n) is 26.6. The van der Waals surface area contributed by atoms with Gasteiger partial charge >= 0.3 is 0 Å². The van der Waals surface area contributed by atoms with E-state index in [4.69, 9.17) is 0 Å². The van der Waals surface area contributed by atoms with Crippen molar-refractivity contribution in [1.29, 1.82) is 0 Å². The van der Waals surface area contributed by atoms with Gasteiger partial charge in [-0.2, -0.15) is 0 Å². The lowest BCUT2D eigenvalue weighted by molar-refractivity contribution is -0.177.